The smallest absolute Gasteiger partial charge is 0.243 e. The first-order chi connectivity index (χ1) is 16.3. The molecule has 8 heteroatoms. The molecule has 0 bridgehead atoms. The van der Waals surface area contributed by atoms with Crippen molar-refractivity contribution in [3.05, 3.63) is 54.1 Å². The van der Waals surface area contributed by atoms with E-state index in [0.717, 1.165) is 38.8 Å². The van der Waals surface area contributed by atoms with Gasteiger partial charge in [0.25, 0.3) is 0 Å². The standard InChI is InChI=1S/C26H37N3O4S/c1-4-28(18-15-22-11-7-5-8-12-22)20-26(30)27-24-19-23(13-14-25(24)33-21(2)3)34(31,32)29-16-9-6-10-17-29/h5,7-8,11-14,19,21H,4,6,9-10,15-18,20H2,1-3H3,(H,27,30). The fourth-order valence-electron chi connectivity index (χ4n) is 4.05. The summed E-state index contributed by atoms with van der Waals surface area (Å²) in [6.07, 6.45) is 3.53. The molecule has 1 saturated heterocycles. The van der Waals surface area contributed by atoms with Crippen molar-refractivity contribution in [1.82, 2.24) is 9.21 Å². The average molecular weight is 488 g/mol. The van der Waals surface area contributed by atoms with Crippen LogP contribution in [-0.4, -0.2) is 62.4 Å². The van der Waals surface area contributed by atoms with Crippen LogP contribution in [0.2, 0.25) is 0 Å². The molecule has 186 valence electrons. The van der Waals surface area contributed by atoms with Crippen LogP contribution in [0.15, 0.2) is 53.4 Å². The Morgan fingerprint density at radius 1 is 1.09 bits per heavy atom. The van der Waals surface area contributed by atoms with Gasteiger partial charge >= 0.3 is 0 Å². The Morgan fingerprint density at radius 2 is 1.79 bits per heavy atom. The highest BCUT2D eigenvalue weighted by molar-refractivity contribution is 7.89. The average Bonchev–Trinajstić information content (AvgIpc) is 2.83. The van der Waals surface area contributed by atoms with Gasteiger partial charge in [0, 0.05) is 19.6 Å². The molecule has 1 aliphatic heterocycles. The van der Waals surface area contributed by atoms with Crippen molar-refractivity contribution in [1.29, 1.82) is 0 Å². The number of anilines is 1. The molecule has 1 aliphatic rings. The first-order valence-corrected chi connectivity index (χ1v) is 13.6. The summed E-state index contributed by atoms with van der Waals surface area (Å²) >= 11 is 0. The summed E-state index contributed by atoms with van der Waals surface area (Å²) in [5.74, 6) is 0.268. The Hall–Kier alpha value is -2.42. The van der Waals surface area contributed by atoms with Crippen molar-refractivity contribution in [2.45, 2.75) is 57.5 Å². The van der Waals surface area contributed by atoms with Gasteiger partial charge in [0.1, 0.15) is 5.75 Å². The van der Waals surface area contributed by atoms with Gasteiger partial charge in [0.2, 0.25) is 15.9 Å². The molecule has 7 nitrogen and oxygen atoms in total. The normalized spacial score (nSPS) is 15.0. The highest BCUT2D eigenvalue weighted by Crippen LogP contribution is 2.31. The molecule has 2 aromatic rings. The van der Waals surface area contributed by atoms with Crippen LogP contribution >= 0.6 is 0 Å². The number of carbonyl (C=O) groups is 1. The summed E-state index contributed by atoms with van der Waals surface area (Å²) in [5.41, 5.74) is 1.61. The SMILES string of the molecule is CCN(CCc1ccccc1)CC(=O)Nc1cc(S(=O)(=O)N2CCCCC2)ccc1OC(C)C. The Morgan fingerprint density at radius 3 is 2.44 bits per heavy atom. The number of amides is 1. The van der Waals surface area contributed by atoms with Crippen LogP contribution < -0.4 is 10.1 Å². The summed E-state index contributed by atoms with van der Waals surface area (Å²) in [4.78, 5) is 15.2. The maximum atomic E-state index is 13.2. The number of ether oxygens (including phenoxy) is 1. The Labute approximate surface area is 204 Å². The molecule has 1 fully saturated rings. The number of piperidine rings is 1. The monoisotopic (exact) mass is 487 g/mol. The van der Waals surface area contributed by atoms with Crippen LogP contribution in [0.5, 0.6) is 5.75 Å². The number of nitrogens with one attached hydrogen (secondary N) is 1. The fourth-order valence-corrected chi connectivity index (χ4v) is 5.60. The summed E-state index contributed by atoms with van der Waals surface area (Å²) < 4.78 is 33.7. The van der Waals surface area contributed by atoms with Crippen LogP contribution in [0.25, 0.3) is 0 Å². The second-order valence-corrected chi connectivity index (χ2v) is 10.9. The van der Waals surface area contributed by atoms with Gasteiger partial charge in [0.15, 0.2) is 0 Å². The number of hydrogen-bond donors (Lipinski definition) is 1. The largest absolute Gasteiger partial charge is 0.489 e. The summed E-state index contributed by atoms with van der Waals surface area (Å²) in [5, 5.41) is 2.91. The zero-order valence-corrected chi connectivity index (χ0v) is 21.3. The predicted molar refractivity (Wildman–Crippen MR) is 136 cm³/mol. The van der Waals surface area contributed by atoms with E-state index in [1.807, 2.05) is 39.0 Å². The van der Waals surface area contributed by atoms with Crippen molar-refractivity contribution in [2.24, 2.45) is 0 Å². The molecule has 0 spiro atoms. The van der Waals surface area contributed by atoms with Crippen LogP contribution in [0.1, 0.15) is 45.6 Å². The number of rotatable bonds is 11. The van der Waals surface area contributed by atoms with Crippen molar-refractivity contribution >= 4 is 21.6 Å². The number of nitrogens with zero attached hydrogens (tertiary/aromatic N) is 2. The third-order valence-electron chi connectivity index (χ3n) is 5.91. The number of carbonyl (C=O) groups excluding carboxylic acids is 1. The highest BCUT2D eigenvalue weighted by atomic mass is 32.2. The number of likely N-dealkylation sites (N-methyl/N-ethyl adjacent to an activating group) is 1. The van der Waals surface area contributed by atoms with E-state index in [1.165, 1.54) is 15.9 Å². The second kappa shape index (κ2) is 12.3. The molecular formula is C26H37N3O4S. The number of hydrogen-bond acceptors (Lipinski definition) is 5. The van der Waals surface area contributed by atoms with Gasteiger partial charge in [-0.15, -0.1) is 0 Å². The minimum atomic E-state index is -3.62. The van der Waals surface area contributed by atoms with Crippen molar-refractivity contribution in [3.63, 3.8) is 0 Å². The summed E-state index contributed by atoms with van der Waals surface area (Å²) in [6, 6.07) is 14.9. The zero-order chi connectivity index (χ0) is 24.6. The van der Waals surface area contributed by atoms with Crippen LogP contribution in [-0.2, 0) is 21.2 Å². The van der Waals surface area contributed by atoms with Gasteiger partial charge in [-0.2, -0.15) is 4.31 Å². The first-order valence-electron chi connectivity index (χ1n) is 12.2. The van der Waals surface area contributed by atoms with E-state index in [0.29, 0.717) is 24.5 Å². The molecule has 2 aromatic carbocycles. The van der Waals surface area contributed by atoms with Crippen molar-refractivity contribution < 1.29 is 17.9 Å². The van der Waals surface area contributed by atoms with Crippen LogP contribution in [0.4, 0.5) is 5.69 Å². The quantitative estimate of drug-likeness (QED) is 0.515. The molecule has 1 heterocycles. The minimum Gasteiger partial charge on any atom is -0.489 e. The van der Waals surface area contributed by atoms with Crippen molar-refractivity contribution in [3.8, 4) is 5.75 Å². The molecule has 0 aliphatic carbocycles. The summed E-state index contributed by atoms with van der Waals surface area (Å²) in [6.45, 7) is 8.58. The third kappa shape index (κ3) is 7.29. The van der Waals surface area contributed by atoms with E-state index >= 15 is 0 Å². The van der Waals surface area contributed by atoms with E-state index in [1.54, 1.807) is 12.1 Å². The first kappa shape index (κ1) is 26.2. The van der Waals surface area contributed by atoms with E-state index < -0.39 is 10.0 Å². The van der Waals surface area contributed by atoms with Gasteiger partial charge < -0.3 is 10.1 Å². The van der Waals surface area contributed by atoms with E-state index in [9.17, 15) is 13.2 Å². The molecule has 1 N–H and O–H groups in total. The Kier molecular flexibility index (Phi) is 9.50. The van der Waals surface area contributed by atoms with Crippen molar-refractivity contribution in [2.75, 3.05) is 38.0 Å². The number of sulfonamides is 1. The third-order valence-corrected chi connectivity index (χ3v) is 7.81. The van der Waals surface area contributed by atoms with Gasteiger partial charge in [-0.1, -0.05) is 43.7 Å². The maximum absolute atomic E-state index is 13.2. The lowest BCUT2D eigenvalue weighted by atomic mass is 10.1. The molecule has 0 unspecified atom stereocenters. The lowest BCUT2D eigenvalue weighted by Gasteiger charge is -2.26. The van der Waals surface area contributed by atoms with Crippen LogP contribution in [0, 0.1) is 0 Å². The molecule has 1 amide bonds. The molecule has 0 saturated carbocycles. The Bertz CT molecular complexity index is 1040. The maximum Gasteiger partial charge on any atom is 0.243 e. The number of benzene rings is 2. The highest BCUT2D eigenvalue weighted by Gasteiger charge is 2.27. The van der Waals surface area contributed by atoms with Gasteiger partial charge in [-0.3, -0.25) is 9.69 Å². The van der Waals surface area contributed by atoms with E-state index in [2.05, 4.69) is 22.3 Å². The van der Waals surface area contributed by atoms with Gasteiger partial charge in [-0.05, 0) is 63.4 Å². The van der Waals surface area contributed by atoms with E-state index in [-0.39, 0.29) is 23.5 Å². The Balaban J connectivity index is 1.73. The molecule has 0 radical (unpaired) electrons. The van der Waals surface area contributed by atoms with Crippen LogP contribution in [0.3, 0.4) is 0 Å². The topological polar surface area (TPSA) is 79.0 Å². The lowest BCUT2D eigenvalue weighted by Crippen LogP contribution is -2.36. The summed E-state index contributed by atoms with van der Waals surface area (Å²) in [7, 11) is -3.62. The zero-order valence-electron chi connectivity index (χ0n) is 20.5. The van der Waals surface area contributed by atoms with Gasteiger partial charge in [0.05, 0.1) is 23.2 Å². The molecule has 0 aromatic heterocycles. The second-order valence-electron chi connectivity index (χ2n) is 8.94. The fraction of sp³-hybridized carbons (Fsp3) is 0.500. The molecule has 3 rings (SSSR count). The minimum absolute atomic E-state index is 0.113. The molecule has 0 atom stereocenters. The lowest BCUT2D eigenvalue weighted by molar-refractivity contribution is -0.117. The van der Waals surface area contributed by atoms with E-state index in [4.69, 9.17) is 4.74 Å². The molecular weight excluding hydrogens is 450 g/mol. The molecule has 34 heavy (non-hydrogen) atoms. The van der Waals surface area contributed by atoms with Gasteiger partial charge in [-0.25, -0.2) is 8.42 Å². The predicted octanol–water partition coefficient (Wildman–Crippen LogP) is 4.15.